The molecule has 0 spiro atoms. The molecule has 1 aromatic heterocycles. The highest BCUT2D eigenvalue weighted by Gasteiger charge is 2.24. The molecule has 1 saturated carbocycles. The molecular formula is C11H19N3OS2. The zero-order chi connectivity index (χ0) is 12.3. The zero-order valence-electron chi connectivity index (χ0n) is 10.3. The van der Waals surface area contributed by atoms with Gasteiger partial charge in [0, 0.05) is 11.8 Å². The van der Waals surface area contributed by atoms with Crippen LogP contribution in [0.5, 0.6) is 0 Å². The van der Waals surface area contributed by atoms with Crippen molar-refractivity contribution in [2.24, 2.45) is 0 Å². The van der Waals surface area contributed by atoms with E-state index in [0.717, 1.165) is 22.3 Å². The third-order valence-corrected chi connectivity index (χ3v) is 5.35. The average Bonchev–Trinajstić information content (AvgIpc) is 3.04. The molecule has 17 heavy (non-hydrogen) atoms. The lowest BCUT2D eigenvalue weighted by Crippen LogP contribution is -2.29. The van der Waals surface area contributed by atoms with Gasteiger partial charge in [-0.3, -0.25) is 0 Å². The van der Waals surface area contributed by atoms with Crippen LogP contribution in [0.2, 0.25) is 0 Å². The van der Waals surface area contributed by atoms with Crippen molar-refractivity contribution in [2.45, 2.75) is 55.5 Å². The molecule has 1 fully saturated rings. The average molecular weight is 273 g/mol. The fourth-order valence-electron chi connectivity index (χ4n) is 1.38. The van der Waals surface area contributed by atoms with Crippen molar-refractivity contribution in [2.75, 3.05) is 11.1 Å². The Kier molecular flexibility index (Phi) is 4.27. The minimum Gasteiger partial charge on any atom is -0.389 e. The first-order valence-corrected chi connectivity index (χ1v) is 7.90. The molecule has 0 bridgehead atoms. The molecular weight excluding hydrogens is 254 g/mol. The lowest BCUT2D eigenvalue weighted by molar-refractivity contribution is 0.0572. The predicted molar refractivity (Wildman–Crippen MR) is 72.8 cm³/mol. The van der Waals surface area contributed by atoms with E-state index in [1.165, 1.54) is 12.8 Å². The highest BCUT2D eigenvalue weighted by Crippen LogP contribution is 2.32. The maximum Gasteiger partial charge on any atom is 0.206 e. The van der Waals surface area contributed by atoms with Crippen molar-refractivity contribution in [3.05, 3.63) is 0 Å². The van der Waals surface area contributed by atoms with Crippen molar-refractivity contribution in [1.29, 1.82) is 0 Å². The Labute approximate surface area is 110 Å². The third kappa shape index (κ3) is 3.82. The van der Waals surface area contributed by atoms with Gasteiger partial charge in [-0.15, -0.1) is 10.2 Å². The summed E-state index contributed by atoms with van der Waals surface area (Å²) in [7, 11) is 0. The second-order valence-corrected chi connectivity index (χ2v) is 6.71. The number of hydrogen-bond acceptors (Lipinski definition) is 6. The Morgan fingerprint density at radius 1 is 1.41 bits per heavy atom. The van der Waals surface area contributed by atoms with Crippen LogP contribution in [0, 0.1) is 0 Å². The fourth-order valence-corrected chi connectivity index (χ4v) is 3.48. The van der Waals surface area contributed by atoms with Crippen LogP contribution < -0.4 is 5.32 Å². The molecule has 1 heterocycles. The van der Waals surface area contributed by atoms with Gasteiger partial charge in [0.2, 0.25) is 5.13 Å². The zero-order valence-corrected chi connectivity index (χ0v) is 11.9. The largest absolute Gasteiger partial charge is 0.389 e. The summed E-state index contributed by atoms with van der Waals surface area (Å²) in [4.78, 5) is 0. The summed E-state index contributed by atoms with van der Waals surface area (Å²) >= 11 is 3.18. The molecule has 0 aliphatic heterocycles. The summed E-state index contributed by atoms with van der Waals surface area (Å²) in [5.74, 6) is 0.693. The molecule has 6 heteroatoms. The Morgan fingerprint density at radius 2 is 2.12 bits per heavy atom. The molecule has 1 aliphatic carbocycles. The minimum absolute atomic E-state index is 0.569. The Morgan fingerprint density at radius 3 is 2.71 bits per heavy atom. The maximum atomic E-state index is 10.2. The second-order valence-electron chi connectivity index (χ2n) is 4.51. The molecule has 0 atom stereocenters. The summed E-state index contributed by atoms with van der Waals surface area (Å²) in [5, 5.41) is 22.6. The quantitative estimate of drug-likeness (QED) is 0.748. The van der Waals surface area contributed by atoms with Gasteiger partial charge >= 0.3 is 0 Å². The van der Waals surface area contributed by atoms with Gasteiger partial charge < -0.3 is 10.4 Å². The van der Waals surface area contributed by atoms with Gasteiger partial charge in [-0.2, -0.15) is 0 Å². The van der Waals surface area contributed by atoms with Crippen LogP contribution in [0.15, 0.2) is 4.34 Å². The molecule has 4 nitrogen and oxygen atoms in total. The number of nitrogens with one attached hydrogen (secondary N) is 1. The van der Waals surface area contributed by atoms with Crippen molar-refractivity contribution in [3.63, 3.8) is 0 Å². The first kappa shape index (κ1) is 13.1. The molecule has 2 rings (SSSR count). The number of hydrogen-bond donors (Lipinski definition) is 2. The topological polar surface area (TPSA) is 58.0 Å². The first-order valence-electron chi connectivity index (χ1n) is 6.10. The smallest absolute Gasteiger partial charge is 0.206 e. The molecule has 0 saturated heterocycles. The van der Waals surface area contributed by atoms with Crippen molar-refractivity contribution in [3.8, 4) is 0 Å². The lowest BCUT2D eigenvalue weighted by Gasteiger charge is -2.23. The molecule has 0 aromatic carbocycles. The molecule has 0 unspecified atom stereocenters. The van der Waals surface area contributed by atoms with E-state index in [9.17, 15) is 5.11 Å². The summed E-state index contributed by atoms with van der Waals surface area (Å²) in [6, 6.07) is 0.615. The Balaban J connectivity index is 1.83. The van der Waals surface area contributed by atoms with Gasteiger partial charge in [0.25, 0.3) is 0 Å². The van der Waals surface area contributed by atoms with Gasteiger partial charge in [-0.1, -0.05) is 36.9 Å². The van der Waals surface area contributed by atoms with E-state index in [0.29, 0.717) is 11.8 Å². The van der Waals surface area contributed by atoms with Crippen LogP contribution in [-0.4, -0.2) is 32.7 Å². The molecule has 96 valence electrons. The number of aliphatic hydroxyl groups is 1. The van der Waals surface area contributed by atoms with E-state index in [4.69, 9.17) is 0 Å². The van der Waals surface area contributed by atoms with Crippen molar-refractivity contribution >= 4 is 28.2 Å². The van der Waals surface area contributed by atoms with E-state index in [2.05, 4.69) is 15.5 Å². The highest BCUT2D eigenvalue weighted by molar-refractivity contribution is 8.01. The number of rotatable bonds is 7. The van der Waals surface area contributed by atoms with Crippen molar-refractivity contribution in [1.82, 2.24) is 10.2 Å². The van der Waals surface area contributed by atoms with Gasteiger partial charge in [0.1, 0.15) is 0 Å². The van der Waals surface area contributed by atoms with Crippen LogP contribution in [0.3, 0.4) is 0 Å². The van der Waals surface area contributed by atoms with E-state index in [1.54, 1.807) is 23.1 Å². The standard InChI is InChI=1S/C11H19N3OS2/c1-3-11(15,4-2)7-16-10-14-13-9(17-10)12-8-5-6-8/h8,15H,3-7H2,1-2H3,(H,12,13). The van der Waals surface area contributed by atoms with Crippen LogP contribution >= 0.6 is 23.1 Å². The van der Waals surface area contributed by atoms with Crippen molar-refractivity contribution < 1.29 is 5.11 Å². The first-order chi connectivity index (χ1) is 8.15. The summed E-state index contributed by atoms with van der Waals surface area (Å²) in [6.45, 7) is 4.04. The Bertz CT molecular complexity index is 361. The number of anilines is 1. The summed E-state index contributed by atoms with van der Waals surface area (Å²) in [6.07, 6.45) is 4.05. The number of thioether (sulfide) groups is 1. The molecule has 1 aromatic rings. The van der Waals surface area contributed by atoms with Gasteiger partial charge in [0.05, 0.1) is 5.60 Å². The Hall–Kier alpha value is -0.330. The van der Waals surface area contributed by atoms with E-state index in [-0.39, 0.29) is 0 Å². The summed E-state index contributed by atoms with van der Waals surface area (Å²) < 4.78 is 0.938. The predicted octanol–water partition coefficient (Wildman–Crippen LogP) is 2.76. The van der Waals surface area contributed by atoms with Gasteiger partial charge in [0.15, 0.2) is 4.34 Å². The van der Waals surface area contributed by atoms with E-state index < -0.39 is 5.60 Å². The number of aromatic nitrogens is 2. The van der Waals surface area contributed by atoms with E-state index in [1.807, 2.05) is 13.8 Å². The van der Waals surface area contributed by atoms with Crippen LogP contribution in [-0.2, 0) is 0 Å². The summed E-state index contributed by atoms with van der Waals surface area (Å²) in [5.41, 5.74) is -0.569. The monoisotopic (exact) mass is 273 g/mol. The fraction of sp³-hybridized carbons (Fsp3) is 0.818. The second kappa shape index (κ2) is 5.54. The SMILES string of the molecule is CCC(O)(CC)CSc1nnc(NC2CC2)s1. The lowest BCUT2D eigenvalue weighted by atomic mass is 10.0. The van der Waals surface area contributed by atoms with Gasteiger partial charge in [-0.05, 0) is 25.7 Å². The van der Waals surface area contributed by atoms with Crippen LogP contribution in [0.1, 0.15) is 39.5 Å². The maximum absolute atomic E-state index is 10.2. The normalized spacial score (nSPS) is 16.2. The minimum atomic E-state index is -0.569. The van der Waals surface area contributed by atoms with Crippen LogP contribution in [0.25, 0.3) is 0 Å². The molecule has 0 radical (unpaired) electrons. The highest BCUT2D eigenvalue weighted by atomic mass is 32.2. The van der Waals surface area contributed by atoms with Gasteiger partial charge in [-0.25, -0.2) is 0 Å². The molecule has 2 N–H and O–H groups in total. The molecule has 0 amide bonds. The van der Waals surface area contributed by atoms with Crippen LogP contribution in [0.4, 0.5) is 5.13 Å². The third-order valence-electron chi connectivity index (χ3n) is 3.09. The molecule has 1 aliphatic rings. The van der Waals surface area contributed by atoms with E-state index >= 15 is 0 Å². The number of nitrogens with zero attached hydrogens (tertiary/aromatic N) is 2.